The van der Waals surface area contributed by atoms with Crippen molar-refractivity contribution in [3.05, 3.63) is 57.8 Å². The molecule has 21 heavy (non-hydrogen) atoms. The van der Waals surface area contributed by atoms with E-state index in [1.165, 1.54) is 16.0 Å². The third-order valence-corrected chi connectivity index (χ3v) is 5.68. The van der Waals surface area contributed by atoms with Gasteiger partial charge in [0.05, 0.1) is 12.1 Å². The van der Waals surface area contributed by atoms with Crippen LogP contribution in [0.2, 0.25) is 0 Å². The van der Waals surface area contributed by atoms with Crippen molar-refractivity contribution in [2.75, 3.05) is 6.61 Å². The highest BCUT2D eigenvalue weighted by Gasteiger charge is 2.41. The predicted molar refractivity (Wildman–Crippen MR) is 88.6 cm³/mol. The first-order chi connectivity index (χ1) is 10.1. The van der Waals surface area contributed by atoms with E-state index in [9.17, 15) is 5.11 Å². The molecule has 0 saturated carbocycles. The number of nitrogens with one attached hydrogen (secondary N) is 1. The van der Waals surface area contributed by atoms with Crippen molar-refractivity contribution in [3.8, 4) is 0 Å². The summed E-state index contributed by atoms with van der Waals surface area (Å²) in [7, 11) is 0. The molecule has 1 heterocycles. The monoisotopic (exact) mass is 301 g/mol. The van der Waals surface area contributed by atoms with Crippen molar-refractivity contribution < 1.29 is 5.11 Å². The Morgan fingerprint density at radius 1 is 1.10 bits per heavy atom. The molecule has 0 amide bonds. The molecule has 1 aliphatic rings. The molecule has 3 heteroatoms. The molecule has 1 atom stereocenters. The van der Waals surface area contributed by atoms with Gasteiger partial charge in [0.25, 0.3) is 0 Å². The van der Waals surface area contributed by atoms with Gasteiger partial charge in [-0.05, 0) is 40.8 Å². The Kier molecular flexibility index (Phi) is 3.91. The van der Waals surface area contributed by atoms with Crippen molar-refractivity contribution in [1.82, 2.24) is 5.32 Å². The van der Waals surface area contributed by atoms with Crippen molar-refractivity contribution in [2.24, 2.45) is 0 Å². The number of aliphatic hydroxyl groups is 1. The first-order valence-corrected chi connectivity index (χ1v) is 8.44. The second kappa shape index (κ2) is 5.56. The highest BCUT2D eigenvalue weighted by atomic mass is 32.1. The van der Waals surface area contributed by atoms with E-state index >= 15 is 0 Å². The van der Waals surface area contributed by atoms with Gasteiger partial charge in [-0.1, -0.05) is 44.2 Å². The number of fused-ring (bicyclic) bond motifs is 1. The fourth-order valence-electron chi connectivity index (χ4n) is 3.36. The number of hydrogen-bond donors (Lipinski definition) is 2. The van der Waals surface area contributed by atoms with Gasteiger partial charge in [0.2, 0.25) is 0 Å². The topological polar surface area (TPSA) is 32.3 Å². The molecule has 3 rings (SSSR count). The lowest BCUT2D eigenvalue weighted by atomic mass is 9.65. The molecule has 0 bridgehead atoms. The van der Waals surface area contributed by atoms with Crippen LogP contribution in [-0.4, -0.2) is 11.7 Å². The van der Waals surface area contributed by atoms with Gasteiger partial charge in [0, 0.05) is 11.4 Å². The quantitative estimate of drug-likeness (QED) is 0.900. The molecule has 2 aromatic rings. The minimum Gasteiger partial charge on any atom is -0.394 e. The number of aliphatic hydroxyl groups excluding tert-OH is 1. The van der Waals surface area contributed by atoms with Crippen LogP contribution in [0.15, 0.2) is 41.8 Å². The van der Waals surface area contributed by atoms with Gasteiger partial charge in [-0.3, -0.25) is 0 Å². The summed E-state index contributed by atoms with van der Waals surface area (Å²) in [5, 5.41) is 15.9. The van der Waals surface area contributed by atoms with Crippen LogP contribution in [0.1, 0.15) is 42.7 Å². The van der Waals surface area contributed by atoms with Crippen molar-refractivity contribution in [2.45, 2.75) is 44.2 Å². The molecule has 2 N–H and O–H groups in total. The Balaban J connectivity index is 1.95. The van der Waals surface area contributed by atoms with Gasteiger partial charge in [0.1, 0.15) is 0 Å². The van der Waals surface area contributed by atoms with Crippen LogP contribution >= 0.6 is 11.3 Å². The highest BCUT2D eigenvalue weighted by molar-refractivity contribution is 7.09. The van der Waals surface area contributed by atoms with Crippen molar-refractivity contribution in [3.63, 3.8) is 0 Å². The summed E-state index contributed by atoms with van der Waals surface area (Å²) in [6.45, 7) is 5.55. The molecule has 1 unspecified atom stereocenters. The predicted octanol–water partition coefficient (Wildman–Crippen LogP) is 3.80. The zero-order valence-corrected chi connectivity index (χ0v) is 13.5. The van der Waals surface area contributed by atoms with Crippen LogP contribution in [0.25, 0.3) is 0 Å². The first-order valence-electron chi connectivity index (χ1n) is 7.56. The molecular weight excluding hydrogens is 278 g/mol. The Morgan fingerprint density at radius 3 is 2.52 bits per heavy atom. The molecule has 1 aliphatic carbocycles. The standard InChI is InChI=1S/C18H23NOS/c1-17(2)9-10-18(13-20,16-8-4-3-7-15(16)17)19-12-14-6-5-11-21-14/h3-8,11,19-20H,9-10,12-13H2,1-2H3. The van der Waals surface area contributed by atoms with Crippen LogP contribution < -0.4 is 5.32 Å². The Bertz CT molecular complexity index is 605. The summed E-state index contributed by atoms with van der Waals surface area (Å²) in [5.41, 5.74) is 2.50. The van der Waals surface area contributed by atoms with E-state index in [1.54, 1.807) is 11.3 Å². The van der Waals surface area contributed by atoms with Gasteiger partial charge in [-0.15, -0.1) is 11.3 Å². The Hall–Kier alpha value is -1.16. The number of hydrogen-bond acceptors (Lipinski definition) is 3. The molecule has 112 valence electrons. The fourth-order valence-corrected chi connectivity index (χ4v) is 4.00. The lowest BCUT2D eigenvalue weighted by molar-refractivity contribution is 0.127. The van der Waals surface area contributed by atoms with Gasteiger partial charge in [-0.25, -0.2) is 0 Å². The maximum Gasteiger partial charge on any atom is 0.0675 e. The van der Waals surface area contributed by atoms with Gasteiger partial charge in [-0.2, -0.15) is 0 Å². The van der Waals surface area contributed by atoms with Crippen LogP contribution in [0.3, 0.4) is 0 Å². The van der Waals surface area contributed by atoms with E-state index in [4.69, 9.17) is 0 Å². The Morgan fingerprint density at radius 2 is 1.86 bits per heavy atom. The maximum absolute atomic E-state index is 10.1. The smallest absolute Gasteiger partial charge is 0.0675 e. The lowest BCUT2D eigenvalue weighted by Gasteiger charge is -2.45. The molecule has 2 nitrogen and oxygen atoms in total. The molecule has 0 spiro atoms. The molecule has 1 aromatic carbocycles. The number of rotatable bonds is 4. The third kappa shape index (κ3) is 2.66. The molecular formula is C18H23NOS. The minimum atomic E-state index is -0.309. The average molecular weight is 301 g/mol. The molecule has 1 aromatic heterocycles. The van der Waals surface area contributed by atoms with E-state index < -0.39 is 0 Å². The minimum absolute atomic E-state index is 0.144. The molecule has 0 aliphatic heterocycles. The molecule has 0 radical (unpaired) electrons. The summed E-state index contributed by atoms with van der Waals surface area (Å²) < 4.78 is 0. The van der Waals surface area contributed by atoms with E-state index in [-0.39, 0.29) is 17.6 Å². The zero-order valence-electron chi connectivity index (χ0n) is 12.7. The molecule has 0 fully saturated rings. The number of thiophene rings is 1. The van der Waals surface area contributed by atoms with Crippen LogP contribution in [0.5, 0.6) is 0 Å². The second-order valence-corrected chi connectivity index (χ2v) is 7.63. The summed E-state index contributed by atoms with van der Waals surface area (Å²) >= 11 is 1.76. The fraction of sp³-hybridized carbons (Fsp3) is 0.444. The van der Waals surface area contributed by atoms with E-state index in [2.05, 4.69) is 60.9 Å². The zero-order chi connectivity index (χ0) is 14.9. The van der Waals surface area contributed by atoms with Crippen molar-refractivity contribution in [1.29, 1.82) is 0 Å². The normalized spacial score (nSPS) is 23.8. The van der Waals surface area contributed by atoms with E-state index in [0.717, 1.165) is 19.4 Å². The van der Waals surface area contributed by atoms with Crippen molar-refractivity contribution >= 4 is 11.3 Å². The first kappa shape index (κ1) is 14.8. The number of benzene rings is 1. The van der Waals surface area contributed by atoms with E-state index in [0.29, 0.717) is 0 Å². The molecule has 0 saturated heterocycles. The maximum atomic E-state index is 10.1. The highest BCUT2D eigenvalue weighted by Crippen LogP contribution is 2.44. The lowest BCUT2D eigenvalue weighted by Crippen LogP contribution is -2.50. The van der Waals surface area contributed by atoms with Gasteiger partial charge >= 0.3 is 0 Å². The van der Waals surface area contributed by atoms with Crippen LogP contribution in [0, 0.1) is 0 Å². The van der Waals surface area contributed by atoms with Crippen LogP contribution in [-0.2, 0) is 17.5 Å². The largest absolute Gasteiger partial charge is 0.394 e. The summed E-state index contributed by atoms with van der Waals surface area (Å²) in [5.74, 6) is 0. The van der Waals surface area contributed by atoms with Gasteiger partial charge < -0.3 is 10.4 Å². The Labute approximate surface area is 130 Å². The van der Waals surface area contributed by atoms with E-state index in [1.807, 2.05) is 0 Å². The average Bonchev–Trinajstić information content (AvgIpc) is 3.01. The van der Waals surface area contributed by atoms with Crippen LogP contribution in [0.4, 0.5) is 0 Å². The van der Waals surface area contributed by atoms with Gasteiger partial charge in [0.15, 0.2) is 0 Å². The third-order valence-electron chi connectivity index (χ3n) is 4.80. The second-order valence-electron chi connectivity index (χ2n) is 6.60. The summed E-state index contributed by atoms with van der Waals surface area (Å²) in [6, 6.07) is 12.8. The summed E-state index contributed by atoms with van der Waals surface area (Å²) in [6.07, 6.45) is 2.06. The summed E-state index contributed by atoms with van der Waals surface area (Å²) in [4.78, 5) is 1.31. The SMILES string of the molecule is CC1(C)CCC(CO)(NCc2cccs2)c2ccccc21.